The van der Waals surface area contributed by atoms with Crippen LogP contribution in [0.15, 0.2) is 42.2 Å². The van der Waals surface area contributed by atoms with Gasteiger partial charge in [0.15, 0.2) is 11.9 Å². The van der Waals surface area contributed by atoms with E-state index in [1.54, 1.807) is 32.1 Å². The maximum absolute atomic E-state index is 12.8. The number of esters is 1. The van der Waals surface area contributed by atoms with Gasteiger partial charge in [-0.1, -0.05) is 18.2 Å². The number of ketones is 1. The molecule has 0 amide bonds. The van der Waals surface area contributed by atoms with Gasteiger partial charge in [0, 0.05) is 11.1 Å². The van der Waals surface area contributed by atoms with Crippen LogP contribution in [0, 0.1) is 6.92 Å². The van der Waals surface area contributed by atoms with Gasteiger partial charge in [-0.15, -0.1) is 0 Å². The van der Waals surface area contributed by atoms with E-state index in [1.807, 2.05) is 31.2 Å². The third-order valence-corrected chi connectivity index (χ3v) is 4.38. The number of Topliss-reactive ketones (excluding diaryl/α,β-unsaturated/α-hetero) is 1. The number of hydrogen-bond acceptors (Lipinski definition) is 6. The highest BCUT2D eigenvalue weighted by Gasteiger charge is 2.31. The quantitative estimate of drug-likeness (QED) is 0.556. The lowest BCUT2D eigenvalue weighted by atomic mass is 10.1. The van der Waals surface area contributed by atoms with Gasteiger partial charge in [-0.05, 0) is 45.0 Å². The summed E-state index contributed by atoms with van der Waals surface area (Å²) in [5, 5.41) is 0. The summed E-state index contributed by atoms with van der Waals surface area (Å²) in [6.07, 6.45) is 0.900. The van der Waals surface area contributed by atoms with Crippen molar-refractivity contribution in [1.82, 2.24) is 0 Å². The number of rotatable bonds is 6. The molecule has 0 saturated carbocycles. The van der Waals surface area contributed by atoms with E-state index in [4.69, 9.17) is 14.2 Å². The Kier molecular flexibility index (Phi) is 5.68. The minimum Gasteiger partial charge on any atom is -0.493 e. The van der Waals surface area contributed by atoms with Crippen LogP contribution in [0.3, 0.4) is 0 Å². The van der Waals surface area contributed by atoms with E-state index >= 15 is 0 Å². The molecule has 1 atom stereocenters. The van der Waals surface area contributed by atoms with Crippen LogP contribution in [-0.4, -0.2) is 31.6 Å². The van der Waals surface area contributed by atoms with Gasteiger partial charge in [-0.2, -0.15) is 0 Å². The Bertz CT molecular complexity index is 944. The smallest absolute Gasteiger partial charge is 0.346 e. The van der Waals surface area contributed by atoms with Crippen molar-refractivity contribution < 1.29 is 28.5 Å². The highest BCUT2D eigenvalue weighted by atomic mass is 16.6. The zero-order valence-electron chi connectivity index (χ0n) is 16.3. The molecule has 2 aromatic carbocycles. The standard InChI is InChI=1S/C22H22O6/c1-5-26-18-9-7-6-8-15(18)12-19-20(23)16-10-11-17(13(2)21(16)28-19)27-14(3)22(24)25-4/h6-12,14H,5H2,1-4H3/b19-12-. The van der Waals surface area contributed by atoms with Gasteiger partial charge in [-0.3, -0.25) is 4.79 Å². The first-order valence-corrected chi connectivity index (χ1v) is 9.00. The molecule has 1 aliphatic heterocycles. The lowest BCUT2D eigenvalue weighted by molar-refractivity contribution is -0.147. The van der Waals surface area contributed by atoms with E-state index in [1.165, 1.54) is 7.11 Å². The second-order valence-corrected chi connectivity index (χ2v) is 6.26. The fourth-order valence-corrected chi connectivity index (χ4v) is 2.93. The Labute approximate surface area is 163 Å². The molecule has 0 aromatic heterocycles. The molecule has 0 aliphatic carbocycles. The first-order chi connectivity index (χ1) is 13.5. The Balaban J connectivity index is 1.91. The predicted octanol–water partition coefficient (Wildman–Crippen LogP) is 3.95. The van der Waals surface area contributed by atoms with Crippen LogP contribution < -0.4 is 14.2 Å². The summed E-state index contributed by atoms with van der Waals surface area (Å²) in [5.41, 5.74) is 1.85. The molecule has 6 nitrogen and oxygen atoms in total. The first kappa shape index (κ1) is 19.5. The van der Waals surface area contributed by atoms with Crippen LogP contribution in [0.2, 0.25) is 0 Å². The molecule has 0 radical (unpaired) electrons. The van der Waals surface area contributed by atoms with E-state index in [0.29, 0.717) is 35.0 Å². The topological polar surface area (TPSA) is 71.1 Å². The number of carbonyl (C=O) groups is 2. The Hall–Kier alpha value is -3.28. The molecule has 1 aliphatic rings. The van der Waals surface area contributed by atoms with Crippen LogP contribution >= 0.6 is 0 Å². The van der Waals surface area contributed by atoms with Crippen LogP contribution in [-0.2, 0) is 9.53 Å². The summed E-state index contributed by atoms with van der Waals surface area (Å²) in [5.74, 6) is 1.09. The van der Waals surface area contributed by atoms with E-state index < -0.39 is 12.1 Å². The molecular weight excluding hydrogens is 360 g/mol. The fourth-order valence-electron chi connectivity index (χ4n) is 2.93. The van der Waals surface area contributed by atoms with Crippen LogP contribution in [0.25, 0.3) is 6.08 Å². The zero-order chi connectivity index (χ0) is 20.3. The monoisotopic (exact) mass is 382 g/mol. The lowest BCUT2D eigenvalue weighted by Crippen LogP contribution is -2.25. The van der Waals surface area contributed by atoms with Crippen molar-refractivity contribution in [1.29, 1.82) is 0 Å². The van der Waals surface area contributed by atoms with Crippen molar-refractivity contribution in [3.63, 3.8) is 0 Å². The fraction of sp³-hybridized carbons (Fsp3) is 0.273. The first-order valence-electron chi connectivity index (χ1n) is 9.00. The normalized spacial score (nSPS) is 15.0. The van der Waals surface area contributed by atoms with Gasteiger partial charge in [0.1, 0.15) is 17.2 Å². The van der Waals surface area contributed by atoms with Crippen LogP contribution in [0.4, 0.5) is 0 Å². The Morgan fingerprint density at radius 2 is 1.93 bits per heavy atom. The highest BCUT2D eigenvalue weighted by Crippen LogP contribution is 2.40. The van der Waals surface area contributed by atoms with E-state index in [2.05, 4.69) is 4.74 Å². The number of hydrogen-bond donors (Lipinski definition) is 0. The maximum Gasteiger partial charge on any atom is 0.346 e. The van der Waals surface area contributed by atoms with Gasteiger partial charge in [-0.25, -0.2) is 4.79 Å². The average molecular weight is 382 g/mol. The number of benzene rings is 2. The van der Waals surface area contributed by atoms with Gasteiger partial charge in [0.2, 0.25) is 5.78 Å². The van der Waals surface area contributed by atoms with E-state index in [-0.39, 0.29) is 11.5 Å². The third-order valence-electron chi connectivity index (χ3n) is 4.38. The average Bonchev–Trinajstić information content (AvgIpc) is 3.01. The minimum atomic E-state index is -0.771. The summed E-state index contributed by atoms with van der Waals surface area (Å²) in [4.78, 5) is 24.4. The van der Waals surface area contributed by atoms with Gasteiger partial charge in [0.05, 0.1) is 19.3 Å². The largest absolute Gasteiger partial charge is 0.493 e. The number of para-hydroxylation sites is 1. The molecule has 0 spiro atoms. The van der Waals surface area contributed by atoms with Crippen LogP contribution in [0.1, 0.15) is 35.3 Å². The molecular formula is C22H22O6. The molecule has 0 saturated heterocycles. The molecule has 0 bridgehead atoms. The summed E-state index contributed by atoms with van der Waals surface area (Å²) in [6.45, 7) is 5.80. The minimum absolute atomic E-state index is 0.211. The molecule has 1 heterocycles. The number of allylic oxidation sites excluding steroid dienone is 1. The zero-order valence-corrected chi connectivity index (χ0v) is 16.3. The molecule has 28 heavy (non-hydrogen) atoms. The van der Waals surface area contributed by atoms with E-state index in [9.17, 15) is 9.59 Å². The third kappa shape index (κ3) is 3.71. The molecule has 6 heteroatoms. The number of ether oxygens (including phenoxy) is 4. The maximum atomic E-state index is 12.8. The van der Waals surface area contributed by atoms with Crippen molar-refractivity contribution >= 4 is 17.8 Å². The summed E-state index contributed by atoms with van der Waals surface area (Å²) < 4.78 is 21.8. The van der Waals surface area contributed by atoms with Gasteiger partial charge < -0.3 is 18.9 Å². The van der Waals surface area contributed by atoms with E-state index in [0.717, 1.165) is 5.56 Å². The summed E-state index contributed by atoms with van der Waals surface area (Å²) in [7, 11) is 1.30. The van der Waals surface area contributed by atoms with Crippen molar-refractivity contribution in [2.45, 2.75) is 26.9 Å². The molecule has 1 unspecified atom stereocenters. The summed E-state index contributed by atoms with van der Waals surface area (Å²) in [6, 6.07) is 10.7. The van der Waals surface area contributed by atoms with Crippen LogP contribution in [0.5, 0.6) is 17.2 Å². The Morgan fingerprint density at radius 3 is 2.64 bits per heavy atom. The Morgan fingerprint density at radius 1 is 1.18 bits per heavy atom. The molecule has 2 aromatic rings. The number of methoxy groups -OCH3 is 1. The molecule has 0 N–H and O–H groups in total. The van der Waals surface area contributed by atoms with Gasteiger partial charge in [0.25, 0.3) is 0 Å². The van der Waals surface area contributed by atoms with Gasteiger partial charge >= 0.3 is 5.97 Å². The second kappa shape index (κ2) is 8.17. The molecule has 3 rings (SSSR count). The highest BCUT2D eigenvalue weighted by molar-refractivity contribution is 6.15. The SMILES string of the molecule is CCOc1ccccc1/C=C1\Oc2c(ccc(OC(C)C(=O)OC)c2C)C1=O. The van der Waals surface area contributed by atoms with Crippen molar-refractivity contribution in [2.75, 3.05) is 13.7 Å². The number of carbonyl (C=O) groups excluding carboxylic acids is 2. The van der Waals surface area contributed by atoms with Crippen molar-refractivity contribution in [3.05, 3.63) is 58.8 Å². The molecule has 146 valence electrons. The predicted molar refractivity (Wildman–Crippen MR) is 104 cm³/mol. The molecule has 0 fully saturated rings. The lowest BCUT2D eigenvalue weighted by Gasteiger charge is -2.15. The summed E-state index contributed by atoms with van der Waals surface area (Å²) >= 11 is 0. The van der Waals surface area contributed by atoms with Crippen molar-refractivity contribution in [3.8, 4) is 17.2 Å². The second-order valence-electron chi connectivity index (χ2n) is 6.26. The van der Waals surface area contributed by atoms with Crippen molar-refractivity contribution in [2.24, 2.45) is 0 Å². The number of fused-ring (bicyclic) bond motifs is 1.